The number of fused-ring (bicyclic) bond motifs is 1. The van der Waals surface area contributed by atoms with Gasteiger partial charge in [0.15, 0.2) is 23.4 Å². The van der Waals surface area contributed by atoms with Crippen LogP contribution in [0.3, 0.4) is 0 Å². The van der Waals surface area contributed by atoms with Crippen molar-refractivity contribution in [1.29, 1.82) is 0 Å². The Morgan fingerprint density at radius 1 is 1.14 bits per heavy atom. The van der Waals surface area contributed by atoms with Gasteiger partial charge < -0.3 is 24.6 Å². The fourth-order valence-electron chi connectivity index (χ4n) is 3.66. The molecule has 0 radical (unpaired) electrons. The number of aromatic carboxylic acids is 1. The van der Waals surface area contributed by atoms with Crippen LogP contribution in [0, 0.1) is 0 Å². The Bertz CT molecular complexity index is 1150. The lowest BCUT2D eigenvalue weighted by atomic mass is 10.1. The number of aromatic amines is 1. The van der Waals surface area contributed by atoms with E-state index in [-0.39, 0.29) is 23.6 Å². The van der Waals surface area contributed by atoms with Crippen molar-refractivity contribution in [3.8, 4) is 17.2 Å². The number of H-pyrrole nitrogens is 1. The molecule has 1 aliphatic heterocycles. The molecule has 1 atom stereocenters. The number of hydrogen-bond donors (Lipinski definition) is 3. The maximum atomic E-state index is 13.0. The number of tetrazole rings is 1. The van der Waals surface area contributed by atoms with Crippen molar-refractivity contribution in [3.05, 3.63) is 53.3 Å². The van der Waals surface area contributed by atoms with E-state index in [1.54, 1.807) is 24.3 Å². The van der Waals surface area contributed by atoms with Crippen molar-refractivity contribution >= 4 is 17.6 Å². The molecule has 1 aromatic heterocycles. The van der Waals surface area contributed by atoms with Crippen LogP contribution in [-0.4, -0.2) is 50.8 Å². The number of carboxylic acid groups (broad SMARTS) is 1. The fraction of sp³-hybridized carbons (Fsp3) is 0.375. The highest BCUT2D eigenvalue weighted by atomic mass is 16.6. The Morgan fingerprint density at radius 3 is 2.66 bits per heavy atom. The predicted molar refractivity (Wildman–Crippen MR) is 125 cm³/mol. The molecule has 3 aromatic rings. The molecule has 1 aliphatic rings. The second-order valence-electron chi connectivity index (χ2n) is 8.07. The summed E-state index contributed by atoms with van der Waals surface area (Å²) in [7, 11) is 0. The Morgan fingerprint density at radius 2 is 1.94 bits per heavy atom. The van der Waals surface area contributed by atoms with E-state index in [1.807, 2.05) is 0 Å². The van der Waals surface area contributed by atoms with Crippen LogP contribution in [-0.2, 0) is 0 Å². The summed E-state index contributed by atoms with van der Waals surface area (Å²) in [6, 6.07) is 9.51. The molecular weight excluding hydrogens is 454 g/mol. The highest BCUT2D eigenvalue weighted by Gasteiger charge is 2.31. The van der Waals surface area contributed by atoms with Crippen LogP contribution >= 0.6 is 0 Å². The zero-order valence-corrected chi connectivity index (χ0v) is 19.3. The van der Waals surface area contributed by atoms with Crippen LogP contribution in [0.1, 0.15) is 71.7 Å². The molecule has 3 N–H and O–H groups in total. The van der Waals surface area contributed by atoms with E-state index in [0.29, 0.717) is 29.5 Å². The molecule has 4 rings (SSSR count). The first-order valence-electron chi connectivity index (χ1n) is 11.5. The van der Waals surface area contributed by atoms with Crippen molar-refractivity contribution in [2.45, 2.75) is 45.1 Å². The van der Waals surface area contributed by atoms with Gasteiger partial charge in [0.05, 0.1) is 12.2 Å². The second-order valence-corrected chi connectivity index (χ2v) is 8.07. The quantitative estimate of drug-likeness (QED) is 0.345. The second kappa shape index (κ2) is 11.3. The number of carbonyl (C=O) groups is 2. The number of nitrogens with zero attached hydrogens (tertiary/aromatic N) is 3. The first-order valence-corrected chi connectivity index (χ1v) is 11.5. The minimum absolute atomic E-state index is 0.00965. The van der Waals surface area contributed by atoms with Gasteiger partial charge in [-0.3, -0.25) is 4.79 Å². The lowest BCUT2D eigenvalue weighted by molar-refractivity contribution is 0.0692. The number of aromatic nitrogens is 4. The zero-order chi connectivity index (χ0) is 24.6. The van der Waals surface area contributed by atoms with E-state index in [2.05, 4.69) is 32.9 Å². The van der Waals surface area contributed by atoms with Crippen LogP contribution in [0.2, 0.25) is 0 Å². The smallest absolute Gasteiger partial charge is 0.337 e. The average Bonchev–Trinajstić information content (AvgIpc) is 3.41. The van der Waals surface area contributed by atoms with Gasteiger partial charge in [-0.15, -0.1) is 5.10 Å². The molecule has 0 fully saturated rings. The fourth-order valence-corrected chi connectivity index (χ4v) is 3.66. The minimum Gasteiger partial charge on any atom is -0.494 e. The molecule has 0 saturated heterocycles. The van der Waals surface area contributed by atoms with Gasteiger partial charge >= 0.3 is 5.97 Å². The number of benzene rings is 2. The predicted octanol–water partition coefficient (Wildman–Crippen LogP) is 4.01. The van der Waals surface area contributed by atoms with Crippen molar-refractivity contribution in [2.24, 2.45) is 0 Å². The number of unbranched alkanes of at least 4 members (excludes halogenated alkanes) is 4. The monoisotopic (exact) mass is 481 g/mol. The lowest BCUT2D eigenvalue weighted by Gasteiger charge is -2.27. The summed E-state index contributed by atoms with van der Waals surface area (Å²) < 4.78 is 17.4. The maximum absolute atomic E-state index is 13.0. The molecule has 35 heavy (non-hydrogen) atoms. The lowest BCUT2D eigenvalue weighted by Crippen LogP contribution is -2.25. The molecule has 184 valence electrons. The third-order valence-electron chi connectivity index (χ3n) is 5.54. The van der Waals surface area contributed by atoms with Gasteiger partial charge in [0.1, 0.15) is 18.0 Å². The third-order valence-corrected chi connectivity index (χ3v) is 5.54. The summed E-state index contributed by atoms with van der Waals surface area (Å²) in [5, 5.41) is 25.8. The number of rotatable bonds is 11. The standard InChI is InChI=1S/C24H27N5O6/c1-2-3-4-5-6-13-33-16-9-7-15(8-10-16)23(30)25-20-17(24(31)32)11-12-18-21(20)35-19(14-34-18)22-26-28-29-27-22/h7-12,19H,2-6,13-14H2,1H3,(H,25,30)(H,31,32)(H,26,27,28,29). The van der Waals surface area contributed by atoms with Crippen molar-refractivity contribution in [2.75, 3.05) is 18.5 Å². The van der Waals surface area contributed by atoms with Gasteiger partial charge in [-0.2, -0.15) is 0 Å². The summed E-state index contributed by atoms with van der Waals surface area (Å²) in [6.45, 7) is 2.91. The molecule has 11 heteroatoms. The third kappa shape index (κ3) is 5.86. The number of anilines is 1. The van der Waals surface area contributed by atoms with E-state index in [9.17, 15) is 14.7 Å². The van der Waals surface area contributed by atoms with Gasteiger partial charge in [0, 0.05) is 5.56 Å². The molecule has 1 amide bonds. The molecule has 1 unspecified atom stereocenters. The average molecular weight is 482 g/mol. The van der Waals surface area contributed by atoms with Crippen LogP contribution in [0.25, 0.3) is 0 Å². The molecule has 0 spiro atoms. The van der Waals surface area contributed by atoms with Crippen molar-refractivity contribution in [3.63, 3.8) is 0 Å². The van der Waals surface area contributed by atoms with E-state index < -0.39 is 18.0 Å². The molecule has 11 nitrogen and oxygen atoms in total. The Kier molecular flexibility index (Phi) is 7.76. The number of nitrogens with one attached hydrogen (secondary N) is 2. The summed E-state index contributed by atoms with van der Waals surface area (Å²) >= 11 is 0. The molecule has 0 bridgehead atoms. The van der Waals surface area contributed by atoms with Crippen LogP contribution in [0.15, 0.2) is 36.4 Å². The van der Waals surface area contributed by atoms with Gasteiger partial charge in [0.2, 0.25) is 0 Å². The van der Waals surface area contributed by atoms with Gasteiger partial charge in [-0.25, -0.2) is 9.89 Å². The summed E-state index contributed by atoms with van der Waals surface area (Å²) in [6.07, 6.45) is 5.03. The van der Waals surface area contributed by atoms with Crippen LogP contribution < -0.4 is 19.5 Å². The highest BCUT2D eigenvalue weighted by molar-refractivity contribution is 6.09. The number of hydrogen-bond acceptors (Lipinski definition) is 8. The van der Waals surface area contributed by atoms with Crippen molar-refractivity contribution < 1.29 is 28.9 Å². The minimum atomic E-state index is -1.22. The van der Waals surface area contributed by atoms with Gasteiger partial charge in [-0.1, -0.05) is 32.6 Å². The number of carbonyl (C=O) groups excluding carboxylic acids is 1. The van der Waals surface area contributed by atoms with E-state index in [4.69, 9.17) is 14.2 Å². The van der Waals surface area contributed by atoms with Crippen LogP contribution in [0.4, 0.5) is 5.69 Å². The molecular formula is C24H27N5O6. The van der Waals surface area contributed by atoms with Gasteiger partial charge in [-0.05, 0) is 53.2 Å². The molecule has 0 saturated carbocycles. The van der Waals surface area contributed by atoms with Crippen molar-refractivity contribution in [1.82, 2.24) is 20.6 Å². The summed E-state index contributed by atoms with van der Waals surface area (Å²) in [5.74, 6) is -0.349. The Hall–Kier alpha value is -4.15. The normalized spacial score (nSPS) is 14.4. The van der Waals surface area contributed by atoms with E-state index >= 15 is 0 Å². The Balaban J connectivity index is 1.46. The van der Waals surface area contributed by atoms with Gasteiger partial charge in [0.25, 0.3) is 5.91 Å². The number of carboxylic acids is 1. The number of ether oxygens (including phenoxy) is 3. The molecule has 2 aromatic carbocycles. The SMILES string of the molecule is CCCCCCCOc1ccc(C(=O)Nc2c(C(=O)O)ccc3c2OC(c2nnn[nH]2)CO3)cc1. The van der Waals surface area contributed by atoms with E-state index in [0.717, 1.165) is 12.8 Å². The summed E-state index contributed by atoms with van der Waals surface area (Å²) in [4.78, 5) is 24.8. The Labute approximate surface area is 201 Å². The molecule has 0 aliphatic carbocycles. The first kappa shape index (κ1) is 24.0. The largest absolute Gasteiger partial charge is 0.494 e. The highest BCUT2D eigenvalue weighted by Crippen LogP contribution is 2.43. The summed E-state index contributed by atoms with van der Waals surface area (Å²) in [5.41, 5.74) is 0.187. The first-order chi connectivity index (χ1) is 17.1. The number of amides is 1. The topological polar surface area (TPSA) is 149 Å². The van der Waals surface area contributed by atoms with E-state index in [1.165, 1.54) is 31.4 Å². The molecule has 2 heterocycles. The van der Waals surface area contributed by atoms with Crippen LogP contribution in [0.5, 0.6) is 17.2 Å². The maximum Gasteiger partial charge on any atom is 0.337 e. The zero-order valence-electron chi connectivity index (χ0n) is 19.3.